The van der Waals surface area contributed by atoms with Crippen LogP contribution < -0.4 is 5.76 Å². The maximum Gasteiger partial charge on any atom is 0.436 e. The second-order valence-corrected chi connectivity index (χ2v) is 3.21. The minimum Gasteiger partial charge on any atom is -0.395 e. The van der Waals surface area contributed by atoms with Gasteiger partial charge < -0.3 is 9.32 Å². The number of hydrogen-bond donors (Lipinski definition) is 0. The molecular formula is C8H11N3O3. The van der Waals surface area contributed by atoms with E-state index in [2.05, 4.69) is 9.52 Å². The zero-order valence-electron chi connectivity index (χ0n) is 7.68. The molecule has 0 spiro atoms. The van der Waals surface area contributed by atoms with Crippen LogP contribution >= 0.6 is 0 Å². The largest absolute Gasteiger partial charge is 0.436 e. The lowest BCUT2D eigenvalue weighted by Gasteiger charge is -2.13. The summed E-state index contributed by atoms with van der Waals surface area (Å²) in [6, 6.07) is 0. The van der Waals surface area contributed by atoms with Gasteiger partial charge in [0.15, 0.2) is 0 Å². The van der Waals surface area contributed by atoms with Gasteiger partial charge in [0, 0.05) is 19.5 Å². The topological polar surface area (TPSA) is 68.3 Å². The van der Waals surface area contributed by atoms with Crippen molar-refractivity contribution in [2.75, 3.05) is 13.1 Å². The van der Waals surface area contributed by atoms with Crippen molar-refractivity contribution in [3.63, 3.8) is 0 Å². The molecule has 0 bridgehead atoms. The van der Waals surface area contributed by atoms with Crippen LogP contribution in [0.15, 0.2) is 15.6 Å². The van der Waals surface area contributed by atoms with E-state index in [9.17, 15) is 9.59 Å². The Hall–Kier alpha value is -1.59. The Labute approximate surface area is 80.1 Å². The first-order valence-electron chi connectivity index (χ1n) is 4.56. The molecule has 76 valence electrons. The van der Waals surface area contributed by atoms with Gasteiger partial charge in [-0.05, 0) is 6.42 Å². The van der Waals surface area contributed by atoms with Crippen LogP contribution in [0.5, 0.6) is 0 Å². The van der Waals surface area contributed by atoms with Crippen LogP contribution in [0.4, 0.5) is 0 Å². The van der Waals surface area contributed by atoms with Gasteiger partial charge in [-0.3, -0.25) is 4.79 Å². The molecule has 0 aromatic carbocycles. The van der Waals surface area contributed by atoms with Crippen molar-refractivity contribution in [1.82, 2.24) is 14.7 Å². The van der Waals surface area contributed by atoms with Crippen molar-refractivity contribution in [2.24, 2.45) is 0 Å². The van der Waals surface area contributed by atoms with E-state index in [4.69, 9.17) is 0 Å². The molecule has 1 fully saturated rings. The van der Waals surface area contributed by atoms with Crippen molar-refractivity contribution in [1.29, 1.82) is 0 Å². The van der Waals surface area contributed by atoms with E-state index in [1.807, 2.05) is 0 Å². The van der Waals surface area contributed by atoms with Crippen LogP contribution in [0.1, 0.15) is 12.8 Å². The summed E-state index contributed by atoms with van der Waals surface area (Å²) in [5.74, 6) is -0.321. The third kappa shape index (κ3) is 1.68. The Morgan fingerprint density at radius 3 is 2.86 bits per heavy atom. The molecule has 6 nitrogen and oxygen atoms in total. The summed E-state index contributed by atoms with van der Waals surface area (Å²) >= 11 is 0. The number of amides is 1. The van der Waals surface area contributed by atoms with E-state index in [1.165, 1.54) is 4.68 Å². The Balaban J connectivity index is 1.91. The van der Waals surface area contributed by atoms with Crippen molar-refractivity contribution in [2.45, 2.75) is 19.4 Å². The highest BCUT2D eigenvalue weighted by Crippen LogP contribution is 2.08. The maximum atomic E-state index is 11.2. The number of nitrogens with zero attached hydrogens (tertiary/aromatic N) is 3. The molecule has 0 unspecified atom stereocenters. The summed E-state index contributed by atoms with van der Waals surface area (Å²) in [5, 5.41) is 3.70. The third-order valence-corrected chi connectivity index (χ3v) is 2.30. The van der Waals surface area contributed by atoms with Gasteiger partial charge >= 0.3 is 5.76 Å². The molecule has 6 heteroatoms. The third-order valence-electron chi connectivity index (χ3n) is 2.30. The monoisotopic (exact) mass is 197 g/mol. The molecular weight excluding hydrogens is 186 g/mol. The number of rotatable bonds is 3. The highest BCUT2D eigenvalue weighted by atomic mass is 16.4. The van der Waals surface area contributed by atoms with Crippen LogP contribution in [0.25, 0.3) is 0 Å². The minimum absolute atomic E-state index is 0.154. The van der Waals surface area contributed by atoms with Gasteiger partial charge in [-0.25, -0.2) is 4.79 Å². The molecule has 1 aliphatic heterocycles. The van der Waals surface area contributed by atoms with E-state index in [0.717, 1.165) is 19.4 Å². The molecule has 0 radical (unpaired) electrons. The molecule has 2 heterocycles. The molecule has 0 N–H and O–H groups in total. The Morgan fingerprint density at radius 1 is 1.43 bits per heavy atom. The molecule has 2 rings (SSSR count). The zero-order chi connectivity index (χ0) is 9.97. The summed E-state index contributed by atoms with van der Waals surface area (Å²) in [4.78, 5) is 23.9. The number of hydrogen-bond acceptors (Lipinski definition) is 4. The van der Waals surface area contributed by atoms with E-state index in [0.29, 0.717) is 19.5 Å². The fourth-order valence-corrected chi connectivity index (χ4v) is 1.54. The standard InChI is InChI=1S/C8H11N3O3/c12-7-2-1-3-10(7)4-5-11-8(13)14-6-9-11/h6H,1-5H2. The lowest BCUT2D eigenvalue weighted by molar-refractivity contribution is -0.127. The molecule has 14 heavy (non-hydrogen) atoms. The molecule has 1 aromatic heterocycles. The summed E-state index contributed by atoms with van der Waals surface area (Å²) in [6.45, 7) is 1.72. The average molecular weight is 197 g/mol. The summed E-state index contributed by atoms with van der Waals surface area (Å²) < 4.78 is 5.71. The molecule has 0 saturated carbocycles. The number of carbonyl (C=O) groups excluding carboxylic acids is 1. The normalized spacial score (nSPS) is 16.6. The first kappa shape index (κ1) is 8.98. The fraction of sp³-hybridized carbons (Fsp3) is 0.625. The van der Waals surface area contributed by atoms with Crippen molar-refractivity contribution in [3.05, 3.63) is 16.9 Å². The number of carbonyl (C=O) groups is 1. The molecule has 1 aromatic rings. The van der Waals surface area contributed by atoms with Gasteiger partial charge in [0.1, 0.15) is 0 Å². The van der Waals surface area contributed by atoms with Crippen LogP contribution in [0, 0.1) is 0 Å². The predicted molar refractivity (Wildman–Crippen MR) is 46.6 cm³/mol. The smallest absolute Gasteiger partial charge is 0.395 e. The number of aromatic nitrogens is 2. The fourth-order valence-electron chi connectivity index (χ4n) is 1.54. The molecule has 1 amide bonds. The summed E-state index contributed by atoms with van der Waals surface area (Å²) in [6.07, 6.45) is 2.63. The van der Waals surface area contributed by atoms with Gasteiger partial charge in [-0.1, -0.05) is 0 Å². The van der Waals surface area contributed by atoms with Crippen molar-refractivity contribution >= 4 is 5.91 Å². The Bertz CT molecular complexity index is 381. The highest BCUT2D eigenvalue weighted by Gasteiger charge is 2.19. The first-order chi connectivity index (χ1) is 6.77. The van der Waals surface area contributed by atoms with Gasteiger partial charge in [-0.2, -0.15) is 4.68 Å². The molecule has 0 atom stereocenters. The molecule has 1 saturated heterocycles. The van der Waals surface area contributed by atoms with Crippen molar-refractivity contribution in [3.8, 4) is 0 Å². The Morgan fingerprint density at radius 2 is 2.29 bits per heavy atom. The van der Waals surface area contributed by atoms with Crippen LogP contribution in [0.3, 0.4) is 0 Å². The number of likely N-dealkylation sites (tertiary alicyclic amines) is 1. The van der Waals surface area contributed by atoms with Gasteiger partial charge in [0.25, 0.3) is 0 Å². The SMILES string of the molecule is O=C1CCCN1CCn1ncoc1=O. The molecule has 0 aliphatic carbocycles. The second kappa shape index (κ2) is 3.65. The average Bonchev–Trinajstić information content (AvgIpc) is 2.72. The van der Waals surface area contributed by atoms with Gasteiger partial charge in [0.05, 0.1) is 6.54 Å². The van der Waals surface area contributed by atoms with Gasteiger partial charge in [-0.15, -0.1) is 5.10 Å². The maximum absolute atomic E-state index is 11.2. The summed E-state index contributed by atoms with van der Waals surface area (Å²) in [5.41, 5.74) is 0. The predicted octanol–water partition coefficient (Wildman–Crippen LogP) is -0.541. The quantitative estimate of drug-likeness (QED) is 0.652. The lowest BCUT2D eigenvalue weighted by atomic mass is 10.4. The highest BCUT2D eigenvalue weighted by molar-refractivity contribution is 5.77. The zero-order valence-corrected chi connectivity index (χ0v) is 7.68. The first-order valence-corrected chi connectivity index (χ1v) is 4.56. The Kier molecular flexibility index (Phi) is 2.34. The molecule has 1 aliphatic rings. The van der Waals surface area contributed by atoms with Crippen LogP contribution in [-0.4, -0.2) is 33.7 Å². The second-order valence-electron chi connectivity index (χ2n) is 3.21. The minimum atomic E-state index is -0.475. The van der Waals surface area contributed by atoms with E-state index in [-0.39, 0.29) is 5.91 Å². The lowest BCUT2D eigenvalue weighted by Crippen LogP contribution is -2.31. The van der Waals surface area contributed by atoms with E-state index >= 15 is 0 Å². The van der Waals surface area contributed by atoms with Gasteiger partial charge in [0.2, 0.25) is 12.3 Å². The summed E-state index contributed by atoms with van der Waals surface area (Å²) in [7, 11) is 0. The van der Waals surface area contributed by atoms with Crippen LogP contribution in [-0.2, 0) is 11.3 Å². The van der Waals surface area contributed by atoms with Crippen molar-refractivity contribution < 1.29 is 9.21 Å². The van der Waals surface area contributed by atoms with E-state index in [1.54, 1.807) is 4.90 Å². The van der Waals surface area contributed by atoms with E-state index < -0.39 is 5.76 Å². The van der Waals surface area contributed by atoms with Crippen LogP contribution in [0.2, 0.25) is 0 Å².